The van der Waals surface area contributed by atoms with Crippen LogP contribution >= 0.6 is 0 Å². The summed E-state index contributed by atoms with van der Waals surface area (Å²) >= 11 is 0. The molecule has 1 fully saturated rings. The Morgan fingerprint density at radius 3 is 2.40 bits per heavy atom. The minimum absolute atomic E-state index is 0.277. The van der Waals surface area contributed by atoms with Gasteiger partial charge in [-0.2, -0.15) is 0 Å². The predicted molar refractivity (Wildman–Crippen MR) is 58.6 cm³/mol. The maximum absolute atomic E-state index is 11.8. The Bertz CT molecular complexity index is 235. The average molecular weight is 212 g/mol. The quantitative estimate of drug-likeness (QED) is 0.678. The summed E-state index contributed by atoms with van der Waals surface area (Å²) in [6.07, 6.45) is 3.69. The van der Waals surface area contributed by atoms with E-state index in [-0.39, 0.29) is 17.7 Å². The van der Waals surface area contributed by atoms with Crippen molar-refractivity contribution >= 4 is 11.7 Å². The van der Waals surface area contributed by atoms with Crippen molar-refractivity contribution in [1.29, 1.82) is 0 Å². The minimum Gasteiger partial charge on any atom is -0.336 e. The Hall–Kier alpha value is -0.900. The normalized spacial score (nSPS) is 17.9. The molecule has 0 aliphatic carbocycles. The Morgan fingerprint density at radius 2 is 1.93 bits per heavy atom. The molecule has 0 spiro atoms. The molecular weight excluding hydrogens is 192 g/mol. The molecule has 86 valence electrons. The fourth-order valence-corrected chi connectivity index (χ4v) is 1.92. The third-order valence-electron chi connectivity index (χ3n) is 2.85. The van der Waals surface area contributed by atoms with Crippen molar-refractivity contribution in [2.45, 2.75) is 38.6 Å². The van der Waals surface area contributed by atoms with Crippen molar-refractivity contribution in [3.63, 3.8) is 0 Å². The van der Waals surface area contributed by atoms with Crippen LogP contribution in [0.1, 0.15) is 32.6 Å². The fourth-order valence-electron chi connectivity index (χ4n) is 1.92. The number of Topliss-reactive ketones (excluding diaryl/α,β-unsaturated/α-hetero) is 1. The monoisotopic (exact) mass is 212 g/mol. The van der Waals surface area contributed by atoms with Crippen LogP contribution < -0.4 is 5.32 Å². The molecule has 0 aromatic carbocycles. The van der Waals surface area contributed by atoms with E-state index >= 15 is 0 Å². The second-order valence-electron chi connectivity index (χ2n) is 3.99. The number of nitrogens with one attached hydrogen (secondary N) is 1. The van der Waals surface area contributed by atoms with Crippen LogP contribution in [0.5, 0.6) is 0 Å². The minimum atomic E-state index is -0.305. The van der Waals surface area contributed by atoms with Crippen LogP contribution in [0.4, 0.5) is 0 Å². The van der Waals surface area contributed by atoms with Crippen LogP contribution in [0, 0.1) is 0 Å². The second-order valence-corrected chi connectivity index (χ2v) is 3.99. The van der Waals surface area contributed by atoms with E-state index in [4.69, 9.17) is 0 Å². The van der Waals surface area contributed by atoms with E-state index in [1.54, 1.807) is 11.9 Å². The summed E-state index contributed by atoms with van der Waals surface area (Å²) in [5, 5.41) is 2.91. The van der Waals surface area contributed by atoms with Crippen LogP contribution in [0.25, 0.3) is 0 Å². The number of likely N-dealkylation sites (N-methyl/N-ethyl adjacent to an activating group) is 1. The number of hydrogen-bond acceptors (Lipinski definition) is 3. The van der Waals surface area contributed by atoms with Crippen molar-refractivity contribution < 1.29 is 9.59 Å². The highest BCUT2D eigenvalue weighted by molar-refractivity contribution is 6.38. The summed E-state index contributed by atoms with van der Waals surface area (Å²) in [5.74, 6) is -0.582. The number of ketones is 1. The van der Waals surface area contributed by atoms with Gasteiger partial charge in [-0.3, -0.25) is 9.59 Å². The van der Waals surface area contributed by atoms with E-state index in [0.717, 1.165) is 38.8 Å². The summed E-state index contributed by atoms with van der Waals surface area (Å²) in [6.45, 7) is 3.50. The van der Waals surface area contributed by atoms with Crippen molar-refractivity contribution in [2.75, 3.05) is 20.1 Å². The Labute approximate surface area is 91.0 Å². The summed E-state index contributed by atoms with van der Waals surface area (Å²) in [5.41, 5.74) is 0. The van der Waals surface area contributed by atoms with Gasteiger partial charge in [0.1, 0.15) is 0 Å². The number of carbonyl (C=O) groups is 2. The molecule has 15 heavy (non-hydrogen) atoms. The first-order valence-electron chi connectivity index (χ1n) is 5.71. The molecule has 1 aliphatic heterocycles. The average Bonchev–Trinajstić information content (AvgIpc) is 2.77. The summed E-state index contributed by atoms with van der Waals surface area (Å²) in [4.78, 5) is 25.2. The van der Waals surface area contributed by atoms with Crippen molar-refractivity contribution in [2.24, 2.45) is 0 Å². The highest BCUT2D eigenvalue weighted by Crippen LogP contribution is 2.09. The van der Waals surface area contributed by atoms with E-state index in [1.807, 2.05) is 6.92 Å². The van der Waals surface area contributed by atoms with Crippen LogP contribution in [-0.2, 0) is 9.59 Å². The molecule has 0 bridgehead atoms. The van der Waals surface area contributed by atoms with Crippen LogP contribution in [0.15, 0.2) is 0 Å². The lowest BCUT2D eigenvalue weighted by atomic mass is 10.1. The largest absolute Gasteiger partial charge is 0.336 e. The lowest BCUT2D eigenvalue weighted by Gasteiger charge is -2.18. The number of rotatable bonds is 5. The molecule has 0 saturated carbocycles. The number of likely N-dealkylation sites (tertiary alicyclic amines) is 1. The molecule has 1 amide bonds. The zero-order valence-corrected chi connectivity index (χ0v) is 9.58. The van der Waals surface area contributed by atoms with Gasteiger partial charge in [-0.1, -0.05) is 13.3 Å². The molecule has 1 aliphatic rings. The van der Waals surface area contributed by atoms with E-state index in [9.17, 15) is 9.59 Å². The van der Waals surface area contributed by atoms with Gasteiger partial charge in [0.25, 0.3) is 5.91 Å². The fraction of sp³-hybridized carbons (Fsp3) is 0.818. The summed E-state index contributed by atoms with van der Waals surface area (Å²) in [7, 11) is 1.73. The Morgan fingerprint density at radius 1 is 1.33 bits per heavy atom. The van der Waals surface area contributed by atoms with Crippen molar-refractivity contribution in [1.82, 2.24) is 10.2 Å². The first-order chi connectivity index (χ1) is 7.20. The second kappa shape index (κ2) is 5.85. The zero-order chi connectivity index (χ0) is 11.3. The van der Waals surface area contributed by atoms with E-state index < -0.39 is 0 Å². The lowest BCUT2D eigenvalue weighted by Crippen LogP contribution is -2.45. The first-order valence-corrected chi connectivity index (χ1v) is 5.71. The smallest absolute Gasteiger partial charge is 0.291 e. The van der Waals surface area contributed by atoms with E-state index in [2.05, 4.69) is 5.32 Å². The molecule has 1 unspecified atom stereocenters. The predicted octanol–water partition coefficient (Wildman–Crippen LogP) is 0.566. The molecule has 1 saturated heterocycles. The molecule has 4 nitrogen and oxygen atoms in total. The van der Waals surface area contributed by atoms with Crippen molar-refractivity contribution in [3.8, 4) is 0 Å². The van der Waals surface area contributed by atoms with E-state index in [0.29, 0.717) is 0 Å². The maximum Gasteiger partial charge on any atom is 0.291 e. The van der Waals surface area contributed by atoms with Crippen molar-refractivity contribution in [3.05, 3.63) is 0 Å². The molecule has 1 atom stereocenters. The number of hydrogen-bond donors (Lipinski definition) is 1. The zero-order valence-electron chi connectivity index (χ0n) is 9.58. The van der Waals surface area contributed by atoms with Gasteiger partial charge in [-0.15, -0.1) is 0 Å². The van der Waals surface area contributed by atoms with Crippen LogP contribution in [0.3, 0.4) is 0 Å². The van der Waals surface area contributed by atoms with Gasteiger partial charge >= 0.3 is 0 Å². The highest BCUT2D eigenvalue weighted by Gasteiger charge is 2.29. The lowest BCUT2D eigenvalue weighted by molar-refractivity contribution is -0.145. The number of nitrogens with zero attached hydrogens (tertiary/aromatic N) is 1. The topological polar surface area (TPSA) is 49.4 Å². The molecule has 1 N–H and O–H groups in total. The van der Waals surface area contributed by atoms with Gasteiger partial charge in [-0.25, -0.2) is 0 Å². The van der Waals surface area contributed by atoms with Gasteiger partial charge in [0.05, 0.1) is 6.04 Å². The number of amides is 1. The molecule has 0 radical (unpaired) electrons. The van der Waals surface area contributed by atoms with E-state index in [1.165, 1.54) is 0 Å². The first kappa shape index (κ1) is 12.2. The molecule has 4 heteroatoms. The standard InChI is InChI=1S/C11H20N2O2/c1-3-6-9(12-2)10(14)11(15)13-7-4-5-8-13/h9,12H,3-8H2,1-2H3. The van der Waals surface area contributed by atoms with Crippen LogP contribution in [-0.4, -0.2) is 42.8 Å². The molecular formula is C11H20N2O2. The Kier molecular flexibility index (Phi) is 4.75. The van der Waals surface area contributed by atoms with Crippen LogP contribution in [0.2, 0.25) is 0 Å². The summed E-state index contributed by atoms with van der Waals surface area (Å²) in [6, 6.07) is -0.303. The van der Waals surface area contributed by atoms with Gasteiger partial charge in [-0.05, 0) is 26.3 Å². The molecule has 1 heterocycles. The SMILES string of the molecule is CCCC(NC)C(=O)C(=O)N1CCCC1. The Balaban J connectivity index is 2.53. The van der Waals surface area contributed by atoms with Gasteiger partial charge in [0, 0.05) is 13.1 Å². The third-order valence-corrected chi connectivity index (χ3v) is 2.85. The van der Waals surface area contributed by atoms with Gasteiger partial charge in [0.2, 0.25) is 5.78 Å². The highest BCUT2D eigenvalue weighted by atomic mass is 16.2. The third kappa shape index (κ3) is 3.02. The van der Waals surface area contributed by atoms with Gasteiger partial charge < -0.3 is 10.2 Å². The molecule has 0 aromatic heterocycles. The number of carbonyl (C=O) groups excluding carboxylic acids is 2. The maximum atomic E-state index is 11.8. The van der Waals surface area contributed by atoms with Gasteiger partial charge in [0.15, 0.2) is 0 Å². The summed E-state index contributed by atoms with van der Waals surface area (Å²) < 4.78 is 0. The molecule has 1 rings (SSSR count). The molecule has 0 aromatic rings.